The van der Waals surface area contributed by atoms with E-state index in [0.717, 1.165) is 88.2 Å². The molecule has 0 atom stereocenters. The lowest BCUT2D eigenvalue weighted by molar-refractivity contribution is -0.137. The number of nitrogens with zero attached hydrogens (tertiary/aromatic N) is 28. The first-order chi connectivity index (χ1) is 70.0. The van der Waals surface area contributed by atoms with Crippen molar-refractivity contribution in [3.63, 3.8) is 0 Å². The third-order valence-electron chi connectivity index (χ3n) is 25.1. The minimum atomic E-state index is -4.81. The zero-order chi connectivity index (χ0) is 103. The molecule has 20 rings (SSSR count). The van der Waals surface area contributed by atoms with Gasteiger partial charge in [0.25, 0.3) is 0 Å². The van der Waals surface area contributed by atoms with Crippen LogP contribution in [0.25, 0.3) is 89.3 Å². The molecule has 0 saturated carbocycles. The lowest BCUT2D eigenvalue weighted by Gasteiger charge is -2.37. The summed E-state index contributed by atoms with van der Waals surface area (Å²) >= 11 is 0. The molecule has 0 unspecified atom stereocenters. The Morgan fingerprint density at radius 3 is 1.03 bits per heavy atom. The van der Waals surface area contributed by atoms with Crippen molar-refractivity contribution < 1.29 is 76.3 Å². The van der Waals surface area contributed by atoms with Crippen LogP contribution in [-0.4, -0.2) is 228 Å². The minimum Gasteiger partial charge on any atom is -0.354 e. The van der Waals surface area contributed by atoms with Gasteiger partial charge in [-0.1, -0.05) is 0 Å². The van der Waals surface area contributed by atoms with E-state index in [-0.39, 0.29) is 36.0 Å². The molecule has 756 valence electrons. The van der Waals surface area contributed by atoms with Gasteiger partial charge < -0.3 is 61.7 Å². The van der Waals surface area contributed by atoms with Crippen LogP contribution in [0.3, 0.4) is 0 Å². The quantitative estimate of drug-likeness (QED) is 0.0442. The van der Waals surface area contributed by atoms with E-state index < -0.39 is 87.8 Å². The van der Waals surface area contributed by atoms with Gasteiger partial charge in [0.15, 0.2) is 23.3 Å². The van der Waals surface area contributed by atoms with E-state index >= 15 is 0 Å². The molecule has 0 spiro atoms. The van der Waals surface area contributed by atoms with Gasteiger partial charge in [-0.15, -0.1) is 40.8 Å². The van der Waals surface area contributed by atoms with Gasteiger partial charge in [0.05, 0.1) is 74.3 Å². The highest BCUT2D eigenvalue weighted by atomic mass is 19.4. The Bertz CT molecular complexity index is 7240. The molecule has 0 bridgehead atoms. The lowest BCUT2D eigenvalue weighted by atomic mass is 10.0. The molecule has 16 heterocycles. The van der Waals surface area contributed by atoms with Crippen molar-refractivity contribution in [1.29, 1.82) is 0 Å². The summed E-state index contributed by atoms with van der Waals surface area (Å²) in [6, 6.07) is 18.4. The minimum absolute atomic E-state index is 0.0102. The second-order valence-electron chi connectivity index (χ2n) is 34.4. The summed E-state index contributed by atoms with van der Waals surface area (Å²) in [7, 11) is 8.78. The number of halogens is 13. The Labute approximate surface area is 820 Å². The number of aromatic nitrogens is 23. The number of rotatable bonds is 16. The van der Waals surface area contributed by atoms with E-state index in [0.29, 0.717) is 194 Å². The van der Waals surface area contributed by atoms with Crippen LogP contribution in [-0.2, 0) is 46.7 Å². The number of alkyl halides is 9. The molecule has 4 aliphatic rings. The van der Waals surface area contributed by atoms with Gasteiger partial charge in [-0.25, -0.2) is 46.7 Å². The largest absolute Gasteiger partial charge is 0.418 e. The first kappa shape index (κ1) is 100. The van der Waals surface area contributed by atoms with Crippen LogP contribution in [0.2, 0.25) is 0 Å². The maximum atomic E-state index is 13.4. The fourth-order valence-corrected chi connectivity index (χ4v) is 17.5. The predicted molar refractivity (Wildman–Crippen MR) is 511 cm³/mol. The standard InChI is InChI=1S/C24H23F4N9O.C24H22F4N8O.C23H21F4N9O.C23H24FN9O/c1-35(23(38)32-17-4-3-14(25)13-16(17)24(26,27)28)15-6-11-37(12-7-15)22-21-20(29-9-10-30-21)19(33-34-22)18-5-8-31-36(18)2;1-35-19(6-10-30-35)21-20-16(3-2-9-29-20)22(34-33-21)36-11-7-15(8-12-36)31-23(37)32-18-5-4-14(25)13-17(18)24(26,27)28;1-35-19(4-7-30-35)20-15-11-28-29-12-16(15)21(34-33-20)36-8-5-14(6-9-36)31-22(37)32-18-3-2-13(24)10-17(18)23(25,26)27;1-14-13-15(24)3-4-17(14)29-23(34)28-16-6-11-33(12-7-16)22-21-20(25-9-10-26-21)19(30-31-22)18-5-8-27-32(18)2/h3-5,8-10,13,15H,6-7,11-12H2,1-2H3,(H,32,38);2-6,9-10,13,15H,7-8,11-12H2,1H3,(H2,31,32,37);2-4,7,10-12,14H,5-6,8-9H2,1H3,(H2,31,32,37);3-5,8-10,13,16H,6-7,11-12H2,1-2H3,(H2,28,29,34). The molecule has 52 heteroatoms. The van der Waals surface area contributed by atoms with Gasteiger partial charge >= 0.3 is 42.7 Å². The van der Waals surface area contributed by atoms with E-state index in [1.54, 1.807) is 114 Å². The molecule has 146 heavy (non-hydrogen) atoms. The Morgan fingerprint density at radius 1 is 0.336 bits per heavy atom. The van der Waals surface area contributed by atoms with Crippen molar-refractivity contribution in [1.82, 2.24) is 136 Å². The van der Waals surface area contributed by atoms with Gasteiger partial charge in [-0.2, -0.15) is 70.1 Å². The summed E-state index contributed by atoms with van der Waals surface area (Å²) < 4.78 is 179. The Hall–Kier alpha value is -17.2. The number of piperidine rings is 4. The van der Waals surface area contributed by atoms with Crippen molar-refractivity contribution in [2.45, 2.75) is 101 Å². The number of carbonyl (C=O) groups excluding carboxylic acids is 4. The number of nitrogens with one attached hydrogen (secondary N) is 7. The molecule has 0 aliphatic carbocycles. The summed E-state index contributed by atoms with van der Waals surface area (Å²) in [5, 5.41) is 80.5. The van der Waals surface area contributed by atoms with Crippen molar-refractivity contribution in [2.24, 2.45) is 28.2 Å². The molecule has 12 aromatic heterocycles. The SMILES string of the molecule is CN(C(=O)Nc1ccc(F)cc1C(F)(F)F)C1CCN(c2nnc(-c3ccnn3C)c3nccnc23)CC1.Cc1cc(F)ccc1NC(=O)NC1CCN(c2nnc(-c3ccnn3C)c3nccnc23)CC1.Cn1nccc1-c1nnc(N2CCC(NC(=O)Nc3ccc(F)cc3C(F)(F)F)CC2)c2cccnc12.Cn1nccc1-c1nnc(N2CCC(NC(=O)Nc3ccc(F)cc3C(F)(F)F)CC2)c2cnncc12. The predicted octanol–water partition coefficient (Wildman–Crippen LogP) is 15.3. The van der Waals surface area contributed by atoms with Crippen molar-refractivity contribution in [3.05, 3.63) is 223 Å². The van der Waals surface area contributed by atoms with E-state index in [9.17, 15) is 76.3 Å². The van der Waals surface area contributed by atoms with Gasteiger partial charge in [0.2, 0.25) is 0 Å². The summed E-state index contributed by atoms with van der Waals surface area (Å²) in [6.45, 7) is 6.27. The monoisotopic (exact) mass is 2020 g/mol. The number of aryl methyl sites for hydroxylation is 5. The number of anilines is 8. The number of amides is 8. The topological polar surface area (TPSA) is 433 Å². The average Bonchev–Trinajstić information content (AvgIpc) is 0.870. The van der Waals surface area contributed by atoms with E-state index in [2.05, 4.69) is 138 Å². The Morgan fingerprint density at radius 2 is 0.651 bits per heavy atom. The van der Waals surface area contributed by atoms with Gasteiger partial charge in [0.1, 0.15) is 73.6 Å². The maximum absolute atomic E-state index is 13.4. The van der Waals surface area contributed by atoms with Crippen molar-refractivity contribution in [3.8, 4) is 45.6 Å². The molecule has 4 aliphatic heterocycles. The van der Waals surface area contributed by atoms with Gasteiger partial charge in [0, 0.05) is 184 Å². The number of benzene rings is 4. The molecule has 16 aromatic rings. The van der Waals surface area contributed by atoms with Gasteiger partial charge in [-0.05, 0) is 173 Å². The van der Waals surface area contributed by atoms with E-state index in [4.69, 9.17) is 0 Å². The molecular formula is C94H90F13N35O4. The first-order valence-electron chi connectivity index (χ1n) is 45.6. The molecule has 4 fully saturated rings. The number of hydrogen-bond donors (Lipinski definition) is 7. The van der Waals surface area contributed by atoms with Crippen LogP contribution in [0.15, 0.2) is 177 Å². The number of carbonyl (C=O) groups is 4. The molecular weight excluding hydrogens is 1930 g/mol. The summed E-state index contributed by atoms with van der Waals surface area (Å²) in [5.41, 5.74) is 4.78. The van der Waals surface area contributed by atoms with Crippen LogP contribution >= 0.6 is 0 Å². The highest BCUT2D eigenvalue weighted by Gasteiger charge is 2.40. The Balaban J connectivity index is 0.000000133. The summed E-state index contributed by atoms with van der Waals surface area (Å²) in [6.07, 6.45) is 8.33. The van der Waals surface area contributed by atoms with E-state index in [1.165, 1.54) is 24.1 Å². The third kappa shape index (κ3) is 22.8. The first-order valence-corrected chi connectivity index (χ1v) is 45.6. The molecule has 4 aromatic carbocycles. The maximum Gasteiger partial charge on any atom is 0.418 e. The van der Waals surface area contributed by atoms with E-state index in [1.807, 2.05) is 65.2 Å². The second kappa shape index (κ2) is 42.9. The third-order valence-corrected chi connectivity index (χ3v) is 25.1. The van der Waals surface area contributed by atoms with Crippen LogP contribution in [0, 0.1) is 30.2 Å². The van der Waals surface area contributed by atoms with Crippen LogP contribution < -0.4 is 56.8 Å². The zero-order valence-electron chi connectivity index (χ0n) is 78.4. The molecule has 4 saturated heterocycles. The lowest BCUT2D eigenvalue weighted by Crippen LogP contribution is -2.47. The number of fused-ring (bicyclic) bond motifs is 4. The van der Waals surface area contributed by atoms with Crippen LogP contribution in [0.1, 0.15) is 73.6 Å². The van der Waals surface area contributed by atoms with Gasteiger partial charge in [-0.3, -0.25) is 33.7 Å². The molecule has 8 amide bonds. The molecule has 39 nitrogen and oxygen atoms in total. The van der Waals surface area contributed by atoms with Crippen molar-refractivity contribution in [2.75, 3.05) is 100 Å². The zero-order valence-corrected chi connectivity index (χ0v) is 78.4. The number of urea groups is 4. The smallest absolute Gasteiger partial charge is 0.354 e. The highest BCUT2D eigenvalue weighted by Crippen LogP contribution is 2.42. The number of pyridine rings is 1. The Kier molecular flexibility index (Phi) is 29.5. The van der Waals surface area contributed by atoms with Crippen LogP contribution in [0.4, 0.5) is 122 Å². The number of hydrogen-bond acceptors (Lipinski definition) is 27. The summed E-state index contributed by atoms with van der Waals surface area (Å²) in [4.78, 5) is 82.1. The second-order valence-corrected chi connectivity index (χ2v) is 34.4. The summed E-state index contributed by atoms with van der Waals surface area (Å²) in [5.74, 6) is -0.915. The molecule has 7 N–H and O–H groups in total. The normalized spacial score (nSPS) is 14.6. The fourth-order valence-electron chi connectivity index (χ4n) is 17.5. The van der Waals surface area contributed by atoms with Crippen molar-refractivity contribution >= 4 is 114 Å². The fraction of sp³-hybridized carbons (Fsp3) is 0.309. The highest BCUT2D eigenvalue weighted by molar-refractivity contribution is 6.01. The average molecular weight is 2020 g/mol. The molecule has 0 radical (unpaired) electrons. The van der Waals surface area contributed by atoms with Crippen LogP contribution in [0.5, 0.6) is 0 Å².